The van der Waals surface area contributed by atoms with Crippen LogP contribution in [-0.2, 0) is 6.54 Å². The zero-order chi connectivity index (χ0) is 21.9. The fourth-order valence-electron chi connectivity index (χ4n) is 3.63. The van der Waals surface area contributed by atoms with E-state index in [-0.39, 0.29) is 17.4 Å². The Morgan fingerprint density at radius 2 is 1.69 bits per heavy atom. The third-order valence-corrected chi connectivity index (χ3v) is 6.19. The van der Waals surface area contributed by atoms with Gasteiger partial charge in [-0.3, -0.25) is 9.36 Å². The van der Waals surface area contributed by atoms with Gasteiger partial charge in [0.15, 0.2) is 16.8 Å². The molecule has 5 rings (SSSR count). The van der Waals surface area contributed by atoms with Crippen LogP contribution in [0.15, 0.2) is 90.2 Å². The maximum absolute atomic E-state index is 13.4. The van der Waals surface area contributed by atoms with E-state index in [0.29, 0.717) is 23.1 Å². The van der Waals surface area contributed by atoms with E-state index in [2.05, 4.69) is 15.2 Å². The van der Waals surface area contributed by atoms with Crippen LogP contribution >= 0.6 is 11.8 Å². The van der Waals surface area contributed by atoms with Gasteiger partial charge in [0, 0.05) is 28.2 Å². The second kappa shape index (κ2) is 8.80. The summed E-state index contributed by atoms with van der Waals surface area (Å²) in [4.78, 5) is 16.1. The average molecular weight is 443 g/mol. The molecule has 0 bridgehead atoms. The van der Waals surface area contributed by atoms with Crippen LogP contribution in [0.1, 0.15) is 15.9 Å². The summed E-state index contributed by atoms with van der Waals surface area (Å²) in [5, 5.41) is 10.3. The number of aromatic amines is 1. The molecule has 0 saturated carbocycles. The molecule has 0 fully saturated rings. The topological polar surface area (TPSA) is 63.6 Å². The van der Waals surface area contributed by atoms with Crippen molar-refractivity contribution in [3.63, 3.8) is 0 Å². The monoisotopic (exact) mass is 442 g/mol. The summed E-state index contributed by atoms with van der Waals surface area (Å²) in [5.74, 6) is 0.584. The number of Topliss-reactive ketones (excluding diaryl/α,β-unsaturated/α-hetero) is 1. The fourth-order valence-corrected chi connectivity index (χ4v) is 4.45. The van der Waals surface area contributed by atoms with Crippen LogP contribution < -0.4 is 0 Å². The molecule has 32 heavy (non-hydrogen) atoms. The first-order valence-corrected chi connectivity index (χ1v) is 11.1. The Bertz CT molecular complexity index is 1380. The van der Waals surface area contributed by atoms with Crippen LogP contribution in [0.3, 0.4) is 0 Å². The van der Waals surface area contributed by atoms with Crippen molar-refractivity contribution in [2.45, 2.75) is 11.7 Å². The van der Waals surface area contributed by atoms with Crippen molar-refractivity contribution in [3.05, 3.63) is 102 Å². The highest BCUT2D eigenvalue weighted by molar-refractivity contribution is 7.99. The van der Waals surface area contributed by atoms with Gasteiger partial charge in [0.25, 0.3) is 0 Å². The van der Waals surface area contributed by atoms with Crippen molar-refractivity contribution in [3.8, 4) is 11.4 Å². The summed E-state index contributed by atoms with van der Waals surface area (Å²) < 4.78 is 15.4. The lowest BCUT2D eigenvalue weighted by atomic mass is 10.1. The number of nitrogens with zero attached hydrogens (tertiary/aromatic N) is 3. The molecule has 0 aliphatic heterocycles. The molecule has 0 saturated heterocycles. The normalized spacial score (nSPS) is 11.2. The highest BCUT2D eigenvalue weighted by atomic mass is 32.2. The van der Waals surface area contributed by atoms with Gasteiger partial charge >= 0.3 is 0 Å². The average Bonchev–Trinajstić information content (AvgIpc) is 3.43. The van der Waals surface area contributed by atoms with Crippen molar-refractivity contribution in [1.82, 2.24) is 19.7 Å². The van der Waals surface area contributed by atoms with Crippen molar-refractivity contribution < 1.29 is 9.18 Å². The molecule has 158 valence electrons. The SMILES string of the molecule is O=C(CSc1nnc(-c2ccc(F)cc2)n1Cc1ccccc1)c1c[nH]c2ccccc12. The number of halogens is 1. The lowest BCUT2D eigenvalue weighted by Crippen LogP contribution is -2.07. The number of para-hydroxylation sites is 1. The third-order valence-electron chi connectivity index (χ3n) is 5.22. The molecule has 1 N–H and O–H groups in total. The smallest absolute Gasteiger partial charge is 0.192 e. The van der Waals surface area contributed by atoms with Crippen molar-refractivity contribution >= 4 is 28.4 Å². The Balaban J connectivity index is 1.44. The minimum Gasteiger partial charge on any atom is -0.360 e. The number of ketones is 1. The van der Waals surface area contributed by atoms with Crippen molar-refractivity contribution in [2.24, 2.45) is 0 Å². The van der Waals surface area contributed by atoms with Crippen LogP contribution in [0.4, 0.5) is 4.39 Å². The quantitative estimate of drug-likeness (QED) is 0.264. The number of carbonyl (C=O) groups excluding carboxylic acids is 1. The summed E-state index contributed by atoms with van der Waals surface area (Å²) in [5.41, 5.74) is 3.46. The Hall–Kier alpha value is -3.71. The van der Waals surface area contributed by atoms with Gasteiger partial charge in [0.1, 0.15) is 5.82 Å². The third kappa shape index (κ3) is 4.07. The van der Waals surface area contributed by atoms with Crippen LogP contribution in [0.25, 0.3) is 22.3 Å². The molecule has 3 aromatic carbocycles. The van der Waals surface area contributed by atoms with Crippen LogP contribution in [0.5, 0.6) is 0 Å². The molecule has 2 heterocycles. The molecular weight excluding hydrogens is 423 g/mol. The highest BCUT2D eigenvalue weighted by Gasteiger charge is 2.18. The Morgan fingerprint density at radius 3 is 2.50 bits per heavy atom. The predicted molar refractivity (Wildman–Crippen MR) is 124 cm³/mol. The van der Waals surface area contributed by atoms with Crippen molar-refractivity contribution in [2.75, 3.05) is 5.75 Å². The molecule has 5 nitrogen and oxygen atoms in total. The van der Waals surface area contributed by atoms with Gasteiger partial charge in [0.05, 0.1) is 12.3 Å². The van der Waals surface area contributed by atoms with Crippen LogP contribution in [-0.4, -0.2) is 31.3 Å². The first kappa shape index (κ1) is 20.2. The van der Waals surface area contributed by atoms with E-state index in [4.69, 9.17) is 0 Å². The van der Waals surface area contributed by atoms with E-state index in [9.17, 15) is 9.18 Å². The summed E-state index contributed by atoms with van der Waals surface area (Å²) in [6.45, 7) is 0.546. The fraction of sp³-hybridized carbons (Fsp3) is 0.0800. The molecule has 0 atom stereocenters. The molecule has 0 radical (unpaired) electrons. The number of carbonyl (C=O) groups is 1. The predicted octanol–water partition coefficient (Wildman–Crippen LogP) is 5.59. The van der Waals surface area contributed by atoms with Crippen LogP contribution in [0.2, 0.25) is 0 Å². The number of hydrogen-bond donors (Lipinski definition) is 1. The summed E-state index contributed by atoms with van der Waals surface area (Å²) >= 11 is 1.35. The Kier molecular flexibility index (Phi) is 5.56. The van der Waals surface area contributed by atoms with E-state index in [1.54, 1.807) is 18.3 Å². The van der Waals surface area contributed by atoms with Gasteiger partial charge in [-0.05, 0) is 35.9 Å². The van der Waals surface area contributed by atoms with Gasteiger partial charge in [-0.1, -0.05) is 60.3 Å². The second-order valence-electron chi connectivity index (χ2n) is 7.34. The van der Waals surface area contributed by atoms with Crippen LogP contribution in [0, 0.1) is 5.82 Å². The maximum Gasteiger partial charge on any atom is 0.192 e. The van der Waals surface area contributed by atoms with E-state index >= 15 is 0 Å². The van der Waals surface area contributed by atoms with Gasteiger partial charge in [0.2, 0.25) is 0 Å². The van der Waals surface area contributed by atoms with Gasteiger partial charge in [-0.2, -0.15) is 0 Å². The number of thioether (sulfide) groups is 1. The number of H-pyrrole nitrogens is 1. The second-order valence-corrected chi connectivity index (χ2v) is 8.29. The summed E-state index contributed by atoms with van der Waals surface area (Å²) in [6, 6.07) is 23.9. The van der Waals surface area contributed by atoms with Gasteiger partial charge in [-0.25, -0.2) is 4.39 Å². The van der Waals surface area contributed by atoms with Gasteiger partial charge < -0.3 is 4.98 Å². The lowest BCUT2D eigenvalue weighted by molar-refractivity contribution is 0.102. The Labute approximate surface area is 188 Å². The zero-order valence-electron chi connectivity index (χ0n) is 17.0. The molecule has 0 aliphatic carbocycles. The molecule has 2 aromatic heterocycles. The molecule has 0 amide bonds. The number of benzene rings is 3. The summed E-state index contributed by atoms with van der Waals surface area (Å²) in [6.07, 6.45) is 1.76. The molecule has 7 heteroatoms. The zero-order valence-corrected chi connectivity index (χ0v) is 17.8. The van der Waals surface area contributed by atoms with E-state index < -0.39 is 0 Å². The molecule has 5 aromatic rings. The molecule has 0 spiro atoms. The van der Waals surface area contributed by atoms with Gasteiger partial charge in [-0.15, -0.1) is 10.2 Å². The van der Waals surface area contributed by atoms with E-state index in [1.807, 2.05) is 59.2 Å². The number of rotatable bonds is 7. The maximum atomic E-state index is 13.4. The number of hydrogen-bond acceptors (Lipinski definition) is 4. The van der Waals surface area contributed by atoms with E-state index in [1.165, 1.54) is 23.9 Å². The number of nitrogens with one attached hydrogen (secondary N) is 1. The first-order valence-electron chi connectivity index (χ1n) is 10.1. The largest absolute Gasteiger partial charge is 0.360 e. The minimum atomic E-state index is -0.304. The highest BCUT2D eigenvalue weighted by Crippen LogP contribution is 2.27. The minimum absolute atomic E-state index is 0.0186. The van der Waals surface area contributed by atoms with E-state index in [0.717, 1.165) is 22.0 Å². The molecule has 0 unspecified atom stereocenters. The summed E-state index contributed by atoms with van der Waals surface area (Å²) in [7, 11) is 0. The van der Waals surface area contributed by atoms with Crippen molar-refractivity contribution in [1.29, 1.82) is 0 Å². The standard InChI is InChI=1S/C25H19FN4OS/c26-19-12-10-18(11-13-19)24-28-29-25(30(24)15-17-6-2-1-3-7-17)32-16-23(31)21-14-27-22-9-5-4-8-20(21)22/h1-14,27H,15-16H2. The molecule has 0 aliphatic rings. The Morgan fingerprint density at radius 1 is 0.938 bits per heavy atom. The molecular formula is C25H19FN4OS. The first-order chi connectivity index (χ1) is 15.7. The number of aromatic nitrogens is 4. The number of fused-ring (bicyclic) bond motifs is 1. The lowest BCUT2D eigenvalue weighted by Gasteiger charge is -2.10.